The minimum absolute atomic E-state index is 0.686. The molecule has 1 aliphatic rings. The number of amidine groups is 1. The smallest absolute Gasteiger partial charge is 0.161 e. The summed E-state index contributed by atoms with van der Waals surface area (Å²) in [6.45, 7) is 3.17. The van der Waals surface area contributed by atoms with Crippen molar-refractivity contribution in [2.24, 2.45) is 10.9 Å². The van der Waals surface area contributed by atoms with Crippen LogP contribution in [0, 0.1) is 5.92 Å². The van der Waals surface area contributed by atoms with Gasteiger partial charge in [-0.3, -0.25) is 4.99 Å². The third-order valence-corrected chi connectivity index (χ3v) is 4.53. The molecule has 102 valence electrons. The third kappa shape index (κ3) is 3.23. The first-order chi connectivity index (χ1) is 9.81. The molecule has 1 aliphatic heterocycles. The summed E-state index contributed by atoms with van der Waals surface area (Å²) in [6.07, 6.45) is 0. The van der Waals surface area contributed by atoms with E-state index in [1.807, 2.05) is 6.07 Å². The maximum Gasteiger partial charge on any atom is 0.161 e. The lowest BCUT2D eigenvalue weighted by atomic mass is 10.1. The summed E-state index contributed by atoms with van der Waals surface area (Å²) >= 11 is 1.81. The summed E-state index contributed by atoms with van der Waals surface area (Å²) in [7, 11) is 0. The number of nitrogens with one attached hydrogen (secondary N) is 1. The molecular weight excluding hydrogens is 264 g/mol. The number of hydrogen-bond donors (Lipinski definition) is 1. The van der Waals surface area contributed by atoms with E-state index in [0.29, 0.717) is 5.92 Å². The second-order valence-corrected chi connectivity index (χ2v) is 6.14. The number of anilines is 1. The molecule has 3 rings (SSSR count). The second kappa shape index (κ2) is 6.14. The van der Waals surface area contributed by atoms with Crippen LogP contribution in [0.5, 0.6) is 0 Å². The van der Waals surface area contributed by atoms with Gasteiger partial charge in [0.25, 0.3) is 0 Å². The molecule has 0 fully saturated rings. The minimum Gasteiger partial charge on any atom is -0.335 e. The van der Waals surface area contributed by atoms with Crippen molar-refractivity contribution in [3.63, 3.8) is 0 Å². The average Bonchev–Trinajstić information content (AvgIpc) is 2.51. The molecule has 0 saturated heterocycles. The van der Waals surface area contributed by atoms with E-state index in [9.17, 15) is 0 Å². The van der Waals surface area contributed by atoms with Crippen LogP contribution in [0.15, 0.2) is 59.6 Å². The summed E-state index contributed by atoms with van der Waals surface area (Å²) in [5.41, 5.74) is 3.59. The van der Waals surface area contributed by atoms with Gasteiger partial charge in [-0.1, -0.05) is 61.2 Å². The van der Waals surface area contributed by atoms with E-state index in [1.54, 1.807) is 11.8 Å². The van der Waals surface area contributed by atoms with Gasteiger partial charge in [0, 0.05) is 18.0 Å². The summed E-state index contributed by atoms with van der Waals surface area (Å²) in [6, 6.07) is 19.0. The third-order valence-electron chi connectivity index (χ3n) is 3.29. The molecule has 1 heterocycles. The highest BCUT2D eigenvalue weighted by molar-refractivity contribution is 8.14. The second-order valence-electron chi connectivity index (χ2n) is 5.13. The summed E-state index contributed by atoms with van der Waals surface area (Å²) in [4.78, 5) is 4.55. The molecule has 1 N–H and O–H groups in total. The molecule has 0 radical (unpaired) electrons. The van der Waals surface area contributed by atoms with Crippen molar-refractivity contribution in [2.45, 2.75) is 6.92 Å². The molecule has 0 bridgehead atoms. The van der Waals surface area contributed by atoms with Gasteiger partial charge < -0.3 is 5.32 Å². The summed E-state index contributed by atoms with van der Waals surface area (Å²) in [5, 5.41) is 4.43. The molecule has 0 aliphatic carbocycles. The van der Waals surface area contributed by atoms with Crippen LogP contribution in [0.2, 0.25) is 0 Å². The van der Waals surface area contributed by atoms with Crippen LogP contribution < -0.4 is 5.32 Å². The lowest BCUT2D eigenvalue weighted by Crippen LogP contribution is -2.18. The van der Waals surface area contributed by atoms with E-state index < -0.39 is 0 Å². The molecule has 2 aromatic rings. The fourth-order valence-electron chi connectivity index (χ4n) is 2.13. The van der Waals surface area contributed by atoms with E-state index in [1.165, 1.54) is 11.1 Å². The van der Waals surface area contributed by atoms with Crippen molar-refractivity contribution < 1.29 is 0 Å². The van der Waals surface area contributed by atoms with Crippen LogP contribution in [0.1, 0.15) is 6.92 Å². The van der Waals surface area contributed by atoms with Gasteiger partial charge in [0.1, 0.15) is 0 Å². The van der Waals surface area contributed by atoms with Crippen molar-refractivity contribution in [2.75, 3.05) is 17.6 Å². The van der Waals surface area contributed by atoms with E-state index in [-0.39, 0.29) is 0 Å². The molecule has 2 aromatic carbocycles. The normalized spacial score (nSPS) is 18.4. The molecule has 2 nitrogen and oxygen atoms in total. The lowest BCUT2D eigenvalue weighted by molar-refractivity contribution is 0.674. The topological polar surface area (TPSA) is 24.4 Å². The van der Waals surface area contributed by atoms with Gasteiger partial charge in [-0.2, -0.15) is 0 Å². The van der Waals surface area contributed by atoms with E-state index in [0.717, 1.165) is 23.2 Å². The maximum absolute atomic E-state index is 4.55. The zero-order valence-corrected chi connectivity index (χ0v) is 12.4. The van der Waals surface area contributed by atoms with Crippen molar-refractivity contribution in [3.8, 4) is 11.1 Å². The highest BCUT2D eigenvalue weighted by Crippen LogP contribution is 2.23. The van der Waals surface area contributed by atoms with Gasteiger partial charge in [-0.25, -0.2) is 0 Å². The molecule has 20 heavy (non-hydrogen) atoms. The quantitative estimate of drug-likeness (QED) is 0.876. The zero-order valence-electron chi connectivity index (χ0n) is 11.5. The molecule has 1 atom stereocenters. The predicted molar refractivity (Wildman–Crippen MR) is 89.4 cm³/mol. The predicted octanol–water partition coefficient (Wildman–Crippen LogP) is 4.50. The standard InChI is InChI=1S/C17H18N2S/c1-13-11-18-17(20-12-13)19-16-9-7-15(8-10-16)14-5-3-2-4-6-14/h2-10,13H,11-12H2,1H3,(H,18,19). The Bertz CT molecular complexity index is 590. The molecule has 0 amide bonds. The first-order valence-corrected chi connectivity index (χ1v) is 7.89. The van der Waals surface area contributed by atoms with Gasteiger partial charge >= 0.3 is 0 Å². The fourth-order valence-corrected chi connectivity index (χ4v) is 3.04. The van der Waals surface area contributed by atoms with Gasteiger partial charge in [0.05, 0.1) is 0 Å². The zero-order chi connectivity index (χ0) is 13.8. The molecule has 1 unspecified atom stereocenters. The van der Waals surface area contributed by atoms with Crippen molar-refractivity contribution >= 4 is 22.6 Å². The van der Waals surface area contributed by atoms with Gasteiger partial charge in [0.2, 0.25) is 0 Å². The van der Waals surface area contributed by atoms with Crippen LogP contribution in [-0.2, 0) is 0 Å². The Morgan fingerprint density at radius 2 is 1.70 bits per heavy atom. The molecule has 0 aromatic heterocycles. The number of hydrogen-bond acceptors (Lipinski definition) is 3. The average molecular weight is 282 g/mol. The Labute approximate surface area is 124 Å². The molecule has 0 saturated carbocycles. The van der Waals surface area contributed by atoms with Crippen LogP contribution in [0.3, 0.4) is 0 Å². The van der Waals surface area contributed by atoms with Crippen LogP contribution in [0.4, 0.5) is 5.69 Å². The largest absolute Gasteiger partial charge is 0.335 e. The molecule has 0 spiro atoms. The van der Waals surface area contributed by atoms with E-state index in [2.05, 4.69) is 65.8 Å². The first-order valence-electron chi connectivity index (χ1n) is 6.91. The molecule has 3 heteroatoms. The Morgan fingerprint density at radius 3 is 2.35 bits per heavy atom. The van der Waals surface area contributed by atoms with Gasteiger partial charge in [-0.05, 0) is 29.2 Å². The Balaban J connectivity index is 1.71. The first kappa shape index (κ1) is 13.3. The van der Waals surface area contributed by atoms with Crippen molar-refractivity contribution in [1.29, 1.82) is 0 Å². The number of benzene rings is 2. The molecular formula is C17H18N2S. The SMILES string of the molecule is CC1CN=C(Nc2ccc(-c3ccccc3)cc2)SC1. The number of aliphatic imine (C=N–C) groups is 1. The highest BCUT2D eigenvalue weighted by Gasteiger charge is 2.11. The number of thioether (sulfide) groups is 1. The highest BCUT2D eigenvalue weighted by atomic mass is 32.2. The monoisotopic (exact) mass is 282 g/mol. The van der Waals surface area contributed by atoms with Gasteiger partial charge in [-0.15, -0.1) is 0 Å². The Kier molecular flexibility index (Phi) is 4.07. The lowest BCUT2D eigenvalue weighted by Gasteiger charge is -2.18. The van der Waals surface area contributed by atoms with Gasteiger partial charge in [0.15, 0.2) is 5.17 Å². The van der Waals surface area contributed by atoms with Crippen LogP contribution >= 0.6 is 11.8 Å². The van der Waals surface area contributed by atoms with E-state index >= 15 is 0 Å². The number of nitrogens with zero attached hydrogens (tertiary/aromatic N) is 1. The van der Waals surface area contributed by atoms with Crippen LogP contribution in [0.25, 0.3) is 11.1 Å². The fraction of sp³-hybridized carbons (Fsp3) is 0.235. The van der Waals surface area contributed by atoms with E-state index in [4.69, 9.17) is 0 Å². The van der Waals surface area contributed by atoms with Crippen LogP contribution in [-0.4, -0.2) is 17.5 Å². The maximum atomic E-state index is 4.55. The summed E-state index contributed by atoms with van der Waals surface area (Å²) in [5.74, 6) is 1.83. The Hall–Kier alpha value is -1.74. The number of rotatable bonds is 2. The summed E-state index contributed by atoms with van der Waals surface area (Å²) < 4.78 is 0. The Morgan fingerprint density at radius 1 is 1.00 bits per heavy atom. The van der Waals surface area contributed by atoms with Crippen molar-refractivity contribution in [1.82, 2.24) is 0 Å². The van der Waals surface area contributed by atoms with Crippen molar-refractivity contribution in [3.05, 3.63) is 54.6 Å². The minimum atomic E-state index is 0.686.